The second kappa shape index (κ2) is 4.43. The predicted octanol–water partition coefficient (Wildman–Crippen LogP) is -0.130. The summed E-state index contributed by atoms with van der Waals surface area (Å²) < 4.78 is 27.1. The molecule has 0 aliphatic heterocycles. The Bertz CT molecular complexity index is 394. The Hall–Kier alpha value is -0.860. The molecule has 1 amide bonds. The van der Waals surface area contributed by atoms with Gasteiger partial charge >= 0.3 is 6.09 Å². The van der Waals surface area contributed by atoms with Crippen LogP contribution in [0.1, 0.15) is 33.6 Å². The lowest BCUT2D eigenvalue weighted by atomic mass is 10.2. The number of hydrogen-bond donors (Lipinski definition) is 3. The van der Waals surface area contributed by atoms with Crippen LogP contribution < -0.4 is 10.3 Å². The Kier molecular flexibility index (Phi) is 3.70. The molecule has 0 bridgehead atoms. The van der Waals surface area contributed by atoms with Crippen LogP contribution in [-0.2, 0) is 14.8 Å². The van der Waals surface area contributed by atoms with Gasteiger partial charge in [0.2, 0.25) is 10.0 Å². The largest absolute Gasteiger partial charge is 0.443 e. The van der Waals surface area contributed by atoms with Gasteiger partial charge in [0.25, 0.3) is 0 Å². The molecule has 0 unspecified atom stereocenters. The fourth-order valence-corrected chi connectivity index (χ4v) is 2.42. The van der Waals surface area contributed by atoms with Crippen molar-refractivity contribution in [2.24, 2.45) is 0 Å². The van der Waals surface area contributed by atoms with Crippen molar-refractivity contribution in [2.45, 2.75) is 44.0 Å². The number of rotatable bonds is 4. The third kappa shape index (κ3) is 3.55. The molecule has 0 heterocycles. The summed E-state index contributed by atoms with van der Waals surface area (Å²) in [6.07, 6.45) is -0.112. The minimum Gasteiger partial charge on any atom is -0.443 e. The smallest absolute Gasteiger partial charge is 0.422 e. The van der Waals surface area contributed by atoms with Crippen LogP contribution >= 0.6 is 0 Å². The summed E-state index contributed by atoms with van der Waals surface area (Å²) in [5, 5.41) is 8.98. The molecule has 3 N–H and O–H groups in total. The molecule has 7 nitrogen and oxygen atoms in total. The van der Waals surface area contributed by atoms with E-state index in [0.29, 0.717) is 12.8 Å². The van der Waals surface area contributed by atoms with Crippen LogP contribution in [0.5, 0.6) is 0 Å². The number of hydrogen-bond acceptors (Lipinski definition) is 5. The molecule has 0 aromatic rings. The third-order valence-corrected chi connectivity index (χ3v) is 4.40. The van der Waals surface area contributed by atoms with E-state index in [1.165, 1.54) is 0 Å². The zero-order valence-corrected chi connectivity index (χ0v) is 10.9. The van der Waals surface area contributed by atoms with E-state index in [-0.39, 0.29) is 0 Å². The second-order valence-electron chi connectivity index (χ2n) is 5.07. The maximum absolute atomic E-state index is 11.7. The summed E-state index contributed by atoms with van der Waals surface area (Å²) in [7, 11) is -3.76. The molecule has 1 aliphatic rings. The van der Waals surface area contributed by atoms with Crippen molar-refractivity contribution in [3.63, 3.8) is 0 Å². The lowest BCUT2D eigenvalue weighted by Crippen LogP contribution is -2.49. The molecule has 8 heteroatoms. The van der Waals surface area contributed by atoms with Gasteiger partial charge < -0.3 is 9.84 Å². The van der Waals surface area contributed by atoms with Crippen molar-refractivity contribution in [3.05, 3.63) is 0 Å². The van der Waals surface area contributed by atoms with Crippen molar-refractivity contribution in [3.8, 4) is 0 Å². The highest BCUT2D eigenvalue weighted by Gasteiger charge is 2.54. The van der Waals surface area contributed by atoms with Crippen LogP contribution in [-0.4, -0.2) is 36.6 Å². The minimum absolute atomic E-state index is 0.384. The number of nitrogens with one attached hydrogen (secondary N) is 2. The van der Waals surface area contributed by atoms with E-state index in [4.69, 9.17) is 9.84 Å². The van der Waals surface area contributed by atoms with Gasteiger partial charge in [0.1, 0.15) is 10.3 Å². The first kappa shape index (κ1) is 14.2. The molecule has 0 spiro atoms. The Morgan fingerprint density at radius 2 is 1.94 bits per heavy atom. The fraction of sp³-hybridized carbons (Fsp3) is 0.889. The van der Waals surface area contributed by atoms with Crippen molar-refractivity contribution in [1.82, 2.24) is 10.3 Å². The first-order valence-electron chi connectivity index (χ1n) is 5.23. The molecule has 0 radical (unpaired) electrons. The average Bonchev–Trinajstić information content (AvgIpc) is 2.93. The highest BCUT2D eigenvalue weighted by molar-refractivity contribution is 7.91. The average molecular weight is 266 g/mol. The Morgan fingerprint density at radius 1 is 1.41 bits per heavy atom. The lowest BCUT2D eigenvalue weighted by Gasteiger charge is -2.20. The van der Waals surface area contributed by atoms with Crippen LogP contribution in [0.2, 0.25) is 0 Å². The molecule has 0 aromatic heterocycles. The quantitative estimate of drug-likeness (QED) is 0.615. The number of carbonyl (C=O) groups is 1. The van der Waals surface area contributed by atoms with Crippen molar-refractivity contribution in [2.75, 3.05) is 6.61 Å². The highest BCUT2D eigenvalue weighted by atomic mass is 32.2. The van der Waals surface area contributed by atoms with E-state index < -0.39 is 33.1 Å². The van der Waals surface area contributed by atoms with Gasteiger partial charge in [-0.25, -0.2) is 18.6 Å². The number of aliphatic hydroxyl groups is 1. The maximum atomic E-state index is 11.7. The summed E-state index contributed by atoms with van der Waals surface area (Å²) in [5.41, 5.74) is 1.25. The predicted molar refractivity (Wildman–Crippen MR) is 60.5 cm³/mol. The van der Waals surface area contributed by atoms with E-state index in [1.54, 1.807) is 20.8 Å². The molecule has 17 heavy (non-hydrogen) atoms. The first-order valence-corrected chi connectivity index (χ1v) is 6.71. The van der Waals surface area contributed by atoms with Gasteiger partial charge in [0.15, 0.2) is 0 Å². The van der Waals surface area contributed by atoms with Gasteiger partial charge in [-0.15, -0.1) is 4.83 Å². The lowest BCUT2D eigenvalue weighted by molar-refractivity contribution is 0.0514. The van der Waals surface area contributed by atoms with Crippen LogP contribution in [0.15, 0.2) is 0 Å². The number of amides is 1. The minimum atomic E-state index is -3.76. The zero-order valence-electron chi connectivity index (χ0n) is 10.1. The SMILES string of the molecule is CC(C)(C)OC(=O)NNS(=O)(=O)C1(CO)CC1. The Labute approximate surface area is 101 Å². The molecule has 1 fully saturated rings. The van der Waals surface area contributed by atoms with E-state index in [1.807, 2.05) is 10.3 Å². The van der Waals surface area contributed by atoms with Gasteiger partial charge in [0, 0.05) is 0 Å². The molecule has 0 atom stereocenters. The fourth-order valence-electron chi connectivity index (χ4n) is 1.17. The molecule has 1 rings (SSSR count). The van der Waals surface area contributed by atoms with E-state index >= 15 is 0 Å². The van der Waals surface area contributed by atoms with Gasteiger partial charge in [-0.3, -0.25) is 0 Å². The summed E-state index contributed by atoms with van der Waals surface area (Å²) in [5.74, 6) is 0. The zero-order chi connectivity index (χ0) is 13.3. The molecule has 100 valence electrons. The number of ether oxygens (including phenoxy) is 1. The summed E-state index contributed by atoms with van der Waals surface area (Å²) >= 11 is 0. The summed E-state index contributed by atoms with van der Waals surface area (Å²) in [6, 6.07) is 0. The van der Waals surface area contributed by atoms with Crippen molar-refractivity contribution in [1.29, 1.82) is 0 Å². The Morgan fingerprint density at radius 3 is 2.29 bits per heavy atom. The molecule has 1 aliphatic carbocycles. The van der Waals surface area contributed by atoms with Gasteiger partial charge in [-0.2, -0.15) is 0 Å². The normalized spacial score (nSPS) is 18.6. The van der Waals surface area contributed by atoms with Crippen LogP contribution in [0.3, 0.4) is 0 Å². The molecule has 1 saturated carbocycles. The van der Waals surface area contributed by atoms with Crippen LogP contribution in [0.25, 0.3) is 0 Å². The first-order chi connectivity index (χ1) is 7.62. The number of sulfonamides is 1. The topological polar surface area (TPSA) is 105 Å². The van der Waals surface area contributed by atoms with Gasteiger partial charge in [-0.05, 0) is 33.6 Å². The van der Waals surface area contributed by atoms with Gasteiger partial charge in [-0.1, -0.05) is 0 Å². The van der Waals surface area contributed by atoms with Gasteiger partial charge in [0.05, 0.1) is 6.61 Å². The number of aliphatic hydroxyl groups excluding tert-OH is 1. The van der Waals surface area contributed by atoms with Crippen LogP contribution in [0, 0.1) is 0 Å². The molecular weight excluding hydrogens is 248 g/mol. The van der Waals surface area contributed by atoms with Crippen LogP contribution in [0.4, 0.5) is 4.79 Å². The molecule has 0 aromatic carbocycles. The molecule has 0 saturated heterocycles. The summed E-state index contributed by atoms with van der Waals surface area (Å²) in [4.78, 5) is 13.1. The number of carbonyl (C=O) groups excluding carboxylic acids is 1. The standard InChI is InChI=1S/C9H18N2O5S/c1-8(2,3)16-7(13)10-11-17(14,15)9(6-12)4-5-9/h11-12H,4-6H2,1-3H3,(H,10,13). The van der Waals surface area contributed by atoms with E-state index in [9.17, 15) is 13.2 Å². The second-order valence-corrected chi connectivity index (χ2v) is 7.15. The summed E-state index contributed by atoms with van der Waals surface area (Å²) in [6.45, 7) is 4.53. The monoisotopic (exact) mass is 266 g/mol. The maximum Gasteiger partial charge on any atom is 0.422 e. The highest BCUT2D eigenvalue weighted by Crippen LogP contribution is 2.42. The van der Waals surface area contributed by atoms with E-state index in [0.717, 1.165) is 0 Å². The molecular formula is C9H18N2O5S. The van der Waals surface area contributed by atoms with Crippen molar-refractivity contribution >= 4 is 16.1 Å². The Balaban J connectivity index is 2.49. The van der Waals surface area contributed by atoms with E-state index in [2.05, 4.69) is 0 Å². The number of hydrazine groups is 1. The van der Waals surface area contributed by atoms with Crippen molar-refractivity contribution < 1.29 is 23.1 Å². The third-order valence-electron chi connectivity index (χ3n) is 2.35.